The fourth-order valence-electron chi connectivity index (χ4n) is 3.20. The van der Waals surface area contributed by atoms with E-state index in [1.54, 1.807) is 0 Å². The van der Waals surface area contributed by atoms with Crippen LogP contribution in [0.25, 0.3) is 4.85 Å². The van der Waals surface area contributed by atoms with Gasteiger partial charge in [-0.3, -0.25) is 9.64 Å². The number of aliphatic hydroxyl groups excluding tert-OH is 1. The Hall–Kier alpha value is -2.21. The van der Waals surface area contributed by atoms with Gasteiger partial charge in [-0.2, -0.15) is 0 Å². The summed E-state index contributed by atoms with van der Waals surface area (Å²) in [5.74, 6) is 0.153. The maximum atomic E-state index is 12.6. The van der Waals surface area contributed by atoms with E-state index in [1.807, 2.05) is 4.90 Å². The Labute approximate surface area is 156 Å². The molecule has 26 heavy (non-hydrogen) atoms. The van der Waals surface area contributed by atoms with Gasteiger partial charge in [0.05, 0.1) is 17.4 Å². The van der Waals surface area contributed by atoms with Crippen LogP contribution in [0.1, 0.15) is 16.8 Å². The maximum absolute atomic E-state index is 12.6. The van der Waals surface area contributed by atoms with Crippen molar-refractivity contribution >= 4 is 23.2 Å². The molecule has 4 N–H and O–H groups in total. The molecule has 2 aliphatic heterocycles. The number of β-amino-alcohol motifs (C(OH)–C–C–N with tert-alkyl or cyclic N) is 1. The van der Waals surface area contributed by atoms with Gasteiger partial charge in [0.2, 0.25) is 0 Å². The lowest BCUT2D eigenvalue weighted by Crippen LogP contribution is -2.47. The molecule has 0 unspecified atom stereocenters. The number of anilines is 1. The van der Waals surface area contributed by atoms with E-state index in [9.17, 15) is 9.90 Å². The fraction of sp³-hybridized carbons (Fsp3) is 0.529. The van der Waals surface area contributed by atoms with Crippen molar-refractivity contribution in [2.75, 3.05) is 45.3 Å². The number of rotatable bonds is 4. The molecule has 2 heterocycles. The zero-order valence-corrected chi connectivity index (χ0v) is 15.0. The van der Waals surface area contributed by atoms with Crippen LogP contribution in [0.2, 0.25) is 5.02 Å². The van der Waals surface area contributed by atoms with Crippen molar-refractivity contribution < 1.29 is 19.4 Å². The Morgan fingerprint density at radius 1 is 1.46 bits per heavy atom. The van der Waals surface area contributed by atoms with Gasteiger partial charge in [0.25, 0.3) is 12.6 Å². The molecule has 8 nitrogen and oxygen atoms in total. The Kier molecular flexibility index (Phi) is 5.71. The van der Waals surface area contributed by atoms with Crippen LogP contribution < -0.4 is 20.5 Å². The van der Waals surface area contributed by atoms with Crippen LogP contribution in [0.5, 0.6) is 11.5 Å². The Balaban J connectivity index is 1.66. The molecule has 0 radical (unpaired) electrons. The Bertz CT molecular complexity index is 736. The number of carbonyl (C=O) groups is 1. The smallest absolute Gasteiger partial charge is 0.270 e. The summed E-state index contributed by atoms with van der Waals surface area (Å²) in [4.78, 5) is 17.9. The summed E-state index contributed by atoms with van der Waals surface area (Å²) in [6, 6.07) is 1.47. The van der Waals surface area contributed by atoms with Crippen LogP contribution in [-0.4, -0.2) is 61.5 Å². The van der Waals surface area contributed by atoms with Gasteiger partial charge in [0.15, 0.2) is 11.5 Å². The summed E-state index contributed by atoms with van der Waals surface area (Å²) in [6.45, 7) is 9.33. The number of likely N-dealkylation sites (tertiary alicyclic amines) is 1. The van der Waals surface area contributed by atoms with Gasteiger partial charge in [0.1, 0.15) is 18.2 Å². The first-order valence-electron chi connectivity index (χ1n) is 8.40. The molecule has 0 aliphatic carbocycles. The average molecular weight is 381 g/mol. The molecule has 0 bridgehead atoms. The van der Waals surface area contributed by atoms with Crippen molar-refractivity contribution in [1.29, 1.82) is 0 Å². The monoisotopic (exact) mass is 380 g/mol. The minimum absolute atomic E-state index is 0.0708. The lowest BCUT2D eigenvalue weighted by Gasteiger charge is -2.33. The van der Waals surface area contributed by atoms with Gasteiger partial charge < -0.3 is 25.6 Å². The highest BCUT2D eigenvalue weighted by molar-refractivity contribution is 6.35. The van der Waals surface area contributed by atoms with E-state index in [4.69, 9.17) is 33.4 Å². The molecule has 2 atom stereocenters. The van der Waals surface area contributed by atoms with Gasteiger partial charge in [-0.1, -0.05) is 11.6 Å². The molecule has 0 aromatic heterocycles. The molecular weight excluding hydrogens is 360 g/mol. The predicted octanol–water partition coefficient (Wildman–Crippen LogP) is 0.983. The maximum Gasteiger partial charge on any atom is 0.270 e. The third kappa shape index (κ3) is 3.80. The number of nitrogen functional groups attached to an aromatic ring is 1. The largest absolute Gasteiger partial charge is 0.485 e. The first-order valence-corrected chi connectivity index (χ1v) is 8.78. The minimum Gasteiger partial charge on any atom is -0.485 e. The normalized spacial score (nSPS) is 22.5. The summed E-state index contributed by atoms with van der Waals surface area (Å²) in [5, 5.41) is 13.3. The number of fused-ring (bicyclic) bond motifs is 1. The summed E-state index contributed by atoms with van der Waals surface area (Å²) < 4.78 is 11.0. The number of amides is 1. The third-order valence-electron chi connectivity index (χ3n) is 4.63. The number of nitrogens with two attached hydrogens (primary N) is 1. The van der Waals surface area contributed by atoms with Gasteiger partial charge in [-0.05, 0) is 12.5 Å². The van der Waals surface area contributed by atoms with Crippen LogP contribution in [-0.2, 0) is 0 Å². The molecule has 0 spiro atoms. The number of carbonyl (C=O) groups excluding carboxylic acids is 1. The zero-order valence-electron chi connectivity index (χ0n) is 14.2. The molecule has 1 aromatic carbocycles. The molecule has 140 valence electrons. The van der Waals surface area contributed by atoms with Crippen molar-refractivity contribution in [1.82, 2.24) is 10.2 Å². The quantitative estimate of drug-likeness (QED) is 0.531. The first-order chi connectivity index (χ1) is 12.5. The number of ether oxygens (including phenoxy) is 2. The second kappa shape index (κ2) is 7.99. The topological polar surface area (TPSA) is 101 Å². The number of hydrogen-bond acceptors (Lipinski definition) is 6. The van der Waals surface area contributed by atoms with E-state index < -0.39 is 6.10 Å². The standard InChI is InChI=1S/C17H21ClN4O4/c1-20-9-22-3-2-10(13(23)8-22)7-21-17(24)11-6-12(19)14(18)16-15(11)25-4-5-26-16/h6,10,13,23H,2-5,7-9,19H2,(H,21,24)/t10-,13+/m0/s1. The van der Waals surface area contributed by atoms with E-state index in [0.29, 0.717) is 38.5 Å². The lowest BCUT2D eigenvalue weighted by atomic mass is 9.94. The number of nitrogens with one attached hydrogen (secondary N) is 1. The van der Waals surface area contributed by atoms with Crippen LogP contribution >= 0.6 is 11.6 Å². The van der Waals surface area contributed by atoms with Crippen LogP contribution in [0.15, 0.2) is 6.07 Å². The van der Waals surface area contributed by atoms with Gasteiger partial charge in [0, 0.05) is 25.6 Å². The van der Waals surface area contributed by atoms with E-state index in [0.717, 1.165) is 6.54 Å². The zero-order chi connectivity index (χ0) is 18.7. The van der Waals surface area contributed by atoms with E-state index in [2.05, 4.69) is 10.2 Å². The summed E-state index contributed by atoms with van der Waals surface area (Å²) >= 11 is 6.12. The second-order valence-electron chi connectivity index (χ2n) is 6.39. The molecule has 2 aliphatic rings. The number of piperidine rings is 1. The number of benzene rings is 1. The molecule has 1 aromatic rings. The second-order valence-corrected chi connectivity index (χ2v) is 6.76. The highest BCUT2D eigenvalue weighted by Crippen LogP contribution is 2.43. The van der Waals surface area contributed by atoms with Crippen molar-refractivity contribution in [2.24, 2.45) is 5.92 Å². The first kappa shape index (κ1) is 18.6. The van der Waals surface area contributed by atoms with Crippen LogP contribution in [0.3, 0.4) is 0 Å². The fourth-order valence-corrected chi connectivity index (χ4v) is 3.39. The van der Waals surface area contributed by atoms with Crippen molar-refractivity contribution in [2.45, 2.75) is 12.5 Å². The van der Waals surface area contributed by atoms with E-state index >= 15 is 0 Å². The summed E-state index contributed by atoms with van der Waals surface area (Å²) in [7, 11) is 0. The molecule has 1 amide bonds. The molecule has 1 fully saturated rings. The minimum atomic E-state index is -0.588. The van der Waals surface area contributed by atoms with Crippen molar-refractivity contribution in [3.8, 4) is 11.5 Å². The number of nitrogens with zero attached hydrogens (tertiary/aromatic N) is 2. The third-order valence-corrected chi connectivity index (χ3v) is 5.02. The summed E-state index contributed by atoms with van der Waals surface area (Å²) in [6.07, 6.45) is 0.117. The SMILES string of the molecule is [C-]#[N+]CN1CC[C@@H](CNC(=O)c2cc(N)c(Cl)c3c2OCCO3)[C@H](O)C1. The molecule has 3 rings (SSSR count). The highest BCUT2D eigenvalue weighted by atomic mass is 35.5. The number of aliphatic hydroxyl groups is 1. The van der Waals surface area contributed by atoms with Crippen LogP contribution in [0, 0.1) is 12.5 Å². The lowest BCUT2D eigenvalue weighted by molar-refractivity contribution is 0.0265. The highest BCUT2D eigenvalue weighted by Gasteiger charge is 2.30. The van der Waals surface area contributed by atoms with Gasteiger partial charge in [-0.25, -0.2) is 11.5 Å². The molecule has 0 saturated carbocycles. The molecular formula is C17H21ClN4O4. The average Bonchev–Trinajstić information content (AvgIpc) is 2.64. The van der Waals surface area contributed by atoms with Crippen molar-refractivity contribution in [3.63, 3.8) is 0 Å². The molecule has 9 heteroatoms. The summed E-state index contributed by atoms with van der Waals surface area (Å²) in [5.41, 5.74) is 6.38. The Morgan fingerprint density at radius 3 is 2.88 bits per heavy atom. The molecule has 1 saturated heterocycles. The van der Waals surface area contributed by atoms with Crippen LogP contribution in [0.4, 0.5) is 5.69 Å². The number of halogens is 1. The van der Waals surface area contributed by atoms with E-state index in [-0.39, 0.29) is 40.5 Å². The van der Waals surface area contributed by atoms with Gasteiger partial charge >= 0.3 is 0 Å². The Morgan fingerprint density at radius 2 is 2.19 bits per heavy atom. The van der Waals surface area contributed by atoms with E-state index in [1.165, 1.54) is 6.07 Å². The van der Waals surface area contributed by atoms with Gasteiger partial charge in [-0.15, -0.1) is 0 Å². The number of hydrogen-bond donors (Lipinski definition) is 3. The van der Waals surface area contributed by atoms with Crippen molar-refractivity contribution in [3.05, 3.63) is 28.1 Å². The predicted molar refractivity (Wildman–Crippen MR) is 96.3 cm³/mol.